The molecule has 0 aliphatic heterocycles. The predicted molar refractivity (Wildman–Crippen MR) is 63.3 cm³/mol. The highest BCUT2D eigenvalue weighted by Gasteiger charge is 2.05. The molecule has 0 radical (unpaired) electrons. The van der Waals surface area contributed by atoms with E-state index >= 15 is 0 Å². The van der Waals surface area contributed by atoms with Gasteiger partial charge in [-0.3, -0.25) is 0 Å². The van der Waals surface area contributed by atoms with Crippen LogP contribution in [-0.4, -0.2) is 15.0 Å². The van der Waals surface area contributed by atoms with Crippen LogP contribution in [0.15, 0.2) is 21.3 Å². The smallest absolute Gasteiger partial charge is 0.224 e. The molecule has 2 rings (SSSR count). The Kier molecular flexibility index (Phi) is 3.40. The van der Waals surface area contributed by atoms with Crippen LogP contribution < -0.4 is 5.32 Å². The highest BCUT2D eigenvalue weighted by molar-refractivity contribution is 9.10. The quantitative estimate of drug-likeness (QED) is 0.883. The van der Waals surface area contributed by atoms with Crippen LogP contribution >= 0.6 is 27.5 Å². The molecule has 0 unspecified atom stereocenters. The molecule has 0 aliphatic carbocycles. The number of aromatic nitrogens is 3. The lowest BCUT2D eigenvalue weighted by Crippen LogP contribution is -2.03. The first-order chi connectivity index (χ1) is 7.65. The first kappa shape index (κ1) is 11.3. The van der Waals surface area contributed by atoms with E-state index in [0.717, 1.165) is 10.2 Å². The Hall–Kier alpha value is -1.14. The molecule has 7 heteroatoms. The molecular formula is C9H8BrClN4O. The summed E-state index contributed by atoms with van der Waals surface area (Å²) in [6.45, 7) is 2.29. The molecule has 0 bridgehead atoms. The second kappa shape index (κ2) is 4.80. The summed E-state index contributed by atoms with van der Waals surface area (Å²) in [5.74, 6) is 1.98. The van der Waals surface area contributed by atoms with Crippen molar-refractivity contribution < 1.29 is 4.42 Å². The van der Waals surface area contributed by atoms with Gasteiger partial charge in [-0.05, 0) is 34.5 Å². The number of halogens is 2. The van der Waals surface area contributed by atoms with E-state index in [1.54, 1.807) is 12.4 Å². The van der Waals surface area contributed by atoms with Crippen molar-refractivity contribution in [1.82, 2.24) is 15.0 Å². The molecule has 2 aromatic heterocycles. The number of anilines is 1. The van der Waals surface area contributed by atoms with Gasteiger partial charge in [0.2, 0.25) is 11.2 Å². The lowest BCUT2D eigenvalue weighted by molar-refractivity contribution is 0.478. The Balaban J connectivity index is 2.07. The molecule has 0 aliphatic rings. The van der Waals surface area contributed by atoms with Gasteiger partial charge in [0.15, 0.2) is 0 Å². The molecule has 84 valence electrons. The highest BCUT2D eigenvalue weighted by Crippen LogP contribution is 2.20. The van der Waals surface area contributed by atoms with Crippen LogP contribution in [-0.2, 0) is 6.54 Å². The minimum absolute atomic E-state index is 0.189. The molecule has 16 heavy (non-hydrogen) atoms. The minimum atomic E-state index is 0.189. The zero-order chi connectivity index (χ0) is 11.5. The maximum Gasteiger partial charge on any atom is 0.224 e. The molecule has 0 amide bonds. The van der Waals surface area contributed by atoms with Crippen molar-refractivity contribution in [3.05, 3.63) is 33.8 Å². The lowest BCUT2D eigenvalue weighted by atomic mass is 10.5. The third-order valence-electron chi connectivity index (χ3n) is 1.79. The number of oxazole rings is 1. The van der Waals surface area contributed by atoms with Gasteiger partial charge in [-0.15, -0.1) is 0 Å². The molecule has 2 aromatic rings. The topological polar surface area (TPSA) is 63.8 Å². The number of nitrogens with zero attached hydrogens (tertiary/aromatic N) is 3. The van der Waals surface area contributed by atoms with Crippen molar-refractivity contribution in [2.75, 3.05) is 5.32 Å². The standard InChI is InChI=1S/C9H8BrClN4O/c1-5-2-12-7(16-5)4-13-8-6(10)3-14-9(11)15-8/h2-3H,4H2,1H3,(H,13,14,15). The van der Waals surface area contributed by atoms with E-state index in [2.05, 4.69) is 36.2 Å². The van der Waals surface area contributed by atoms with Crippen LogP contribution in [0.2, 0.25) is 5.28 Å². The molecule has 0 atom stereocenters. The van der Waals surface area contributed by atoms with E-state index in [-0.39, 0.29) is 5.28 Å². The van der Waals surface area contributed by atoms with Gasteiger partial charge in [0, 0.05) is 6.20 Å². The fourth-order valence-electron chi connectivity index (χ4n) is 1.11. The zero-order valence-electron chi connectivity index (χ0n) is 8.37. The van der Waals surface area contributed by atoms with Crippen LogP contribution in [0.1, 0.15) is 11.7 Å². The summed E-state index contributed by atoms with van der Waals surface area (Å²) in [5.41, 5.74) is 0. The molecule has 2 heterocycles. The SMILES string of the molecule is Cc1cnc(CNc2nc(Cl)ncc2Br)o1. The van der Waals surface area contributed by atoms with E-state index in [1.807, 2.05) is 6.92 Å². The van der Waals surface area contributed by atoms with Gasteiger partial charge < -0.3 is 9.73 Å². The largest absolute Gasteiger partial charge is 0.444 e. The maximum atomic E-state index is 5.68. The molecule has 1 N–H and O–H groups in total. The molecule has 0 saturated heterocycles. The van der Waals surface area contributed by atoms with Crippen LogP contribution in [0, 0.1) is 6.92 Å². The average Bonchev–Trinajstić information content (AvgIpc) is 2.66. The first-order valence-corrected chi connectivity index (χ1v) is 5.65. The van der Waals surface area contributed by atoms with Gasteiger partial charge in [-0.2, -0.15) is 4.98 Å². The second-order valence-corrected chi connectivity index (χ2v) is 4.25. The summed E-state index contributed by atoms with van der Waals surface area (Å²) >= 11 is 8.99. The maximum absolute atomic E-state index is 5.68. The fourth-order valence-corrected chi connectivity index (χ4v) is 1.58. The van der Waals surface area contributed by atoms with E-state index in [0.29, 0.717) is 18.3 Å². The predicted octanol–water partition coefficient (Wildman–Crippen LogP) is 2.80. The van der Waals surface area contributed by atoms with Crippen LogP contribution in [0.25, 0.3) is 0 Å². The Morgan fingerprint density at radius 2 is 2.25 bits per heavy atom. The normalized spacial score (nSPS) is 10.4. The second-order valence-electron chi connectivity index (χ2n) is 3.05. The number of rotatable bonds is 3. The average molecular weight is 304 g/mol. The van der Waals surface area contributed by atoms with Gasteiger partial charge in [0.05, 0.1) is 17.2 Å². The summed E-state index contributed by atoms with van der Waals surface area (Å²) in [7, 11) is 0. The molecule has 0 saturated carbocycles. The molecule has 0 aromatic carbocycles. The highest BCUT2D eigenvalue weighted by atomic mass is 79.9. The van der Waals surface area contributed by atoms with E-state index in [4.69, 9.17) is 16.0 Å². The van der Waals surface area contributed by atoms with Crippen molar-refractivity contribution >= 4 is 33.3 Å². The van der Waals surface area contributed by atoms with Gasteiger partial charge in [-0.25, -0.2) is 9.97 Å². The zero-order valence-corrected chi connectivity index (χ0v) is 10.7. The third-order valence-corrected chi connectivity index (χ3v) is 2.55. The van der Waals surface area contributed by atoms with Crippen molar-refractivity contribution in [2.24, 2.45) is 0 Å². The van der Waals surface area contributed by atoms with Crippen LogP contribution in [0.3, 0.4) is 0 Å². The van der Waals surface area contributed by atoms with Gasteiger partial charge >= 0.3 is 0 Å². The molecular weight excluding hydrogens is 295 g/mol. The van der Waals surface area contributed by atoms with Gasteiger partial charge in [0.25, 0.3) is 0 Å². The van der Waals surface area contributed by atoms with Gasteiger partial charge in [0.1, 0.15) is 11.6 Å². The Bertz CT molecular complexity index is 502. The van der Waals surface area contributed by atoms with E-state index < -0.39 is 0 Å². The third kappa shape index (κ3) is 2.70. The van der Waals surface area contributed by atoms with Crippen molar-refractivity contribution in [1.29, 1.82) is 0 Å². The monoisotopic (exact) mass is 302 g/mol. The molecule has 0 spiro atoms. The van der Waals surface area contributed by atoms with Crippen LogP contribution in [0.5, 0.6) is 0 Å². The Morgan fingerprint density at radius 1 is 1.44 bits per heavy atom. The van der Waals surface area contributed by atoms with Crippen molar-refractivity contribution in [2.45, 2.75) is 13.5 Å². The van der Waals surface area contributed by atoms with Gasteiger partial charge in [-0.1, -0.05) is 0 Å². The fraction of sp³-hybridized carbons (Fsp3) is 0.222. The number of aryl methyl sites for hydroxylation is 1. The Labute approximate surface area is 105 Å². The van der Waals surface area contributed by atoms with E-state index in [9.17, 15) is 0 Å². The summed E-state index contributed by atoms with van der Waals surface area (Å²) in [6, 6.07) is 0. The first-order valence-electron chi connectivity index (χ1n) is 4.48. The summed E-state index contributed by atoms with van der Waals surface area (Å²) < 4.78 is 6.05. The summed E-state index contributed by atoms with van der Waals surface area (Å²) in [4.78, 5) is 11.9. The number of hydrogen-bond acceptors (Lipinski definition) is 5. The Morgan fingerprint density at radius 3 is 2.94 bits per heavy atom. The number of hydrogen-bond donors (Lipinski definition) is 1. The van der Waals surface area contributed by atoms with Crippen LogP contribution in [0.4, 0.5) is 5.82 Å². The summed E-state index contributed by atoms with van der Waals surface area (Å²) in [6.07, 6.45) is 3.25. The molecule has 0 fully saturated rings. The van der Waals surface area contributed by atoms with Crippen molar-refractivity contribution in [3.8, 4) is 0 Å². The van der Waals surface area contributed by atoms with Crippen molar-refractivity contribution in [3.63, 3.8) is 0 Å². The lowest BCUT2D eigenvalue weighted by Gasteiger charge is -2.04. The molecule has 5 nitrogen and oxygen atoms in total. The number of nitrogens with one attached hydrogen (secondary N) is 1. The summed E-state index contributed by atoms with van der Waals surface area (Å²) in [5, 5.41) is 3.23. The minimum Gasteiger partial charge on any atom is -0.444 e. The van der Waals surface area contributed by atoms with E-state index in [1.165, 1.54) is 0 Å².